The van der Waals surface area contributed by atoms with Gasteiger partial charge in [0.2, 0.25) is 5.91 Å². The zero-order valence-corrected chi connectivity index (χ0v) is 7.32. The lowest BCUT2D eigenvalue weighted by molar-refractivity contribution is -0.125. The number of nitrogens with two attached hydrogens (primary N) is 1. The van der Waals surface area contributed by atoms with Crippen molar-refractivity contribution in [3.63, 3.8) is 0 Å². The maximum Gasteiger partial charge on any atom is 0.317 e. The van der Waals surface area contributed by atoms with Crippen molar-refractivity contribution in [2.45, 2.75) is 18.9 Å². The average molecular weight is 183 g/mol. The van der Waals surface area contributed by atoms with Crippen molar-refractivity contribution in [1.82, 2.24) is 10.2 Å². The Morgan fingerprint density at radius 2 is 1.92 bits per heavy atom. The Morgan fingerprint density at radius 1 is 1.31 bits per heavy atom. The molecule has 0 bridgehead atoms. The molecule has 1 saturated heterocycles. The van der Waals surface area contributed by atoms with Gasteiger partial charge in [-0.25, -0.2) is 4.79 Å². The van der Waals surface area contributed by atoms with Gasteiger partial charge < -0.3 is 16.0 Å². The molecule has 0 radical (unpaired) electrons. The quantitative estimate of drug-likeness (QED) is 0.592. The molecule has 1 heterocycles. The second-order valence-corrected chi connectivity index (χ2v) is 3.73. The fourth-order valence-electron chi connectivity index (χ4n) is 1.32. The Labute approximate surface area is 76.3 Å². The normalized spacial score (nSPS) is 22.3. The molecule has 1 aliphatic heterocycles. The van der Waals surface area contributed by atoms with Crippen molar-refractivity contribution >= 4 is 11.9 Å². The second kappa shape index (κ2) is 2.90. The van der Waals surface area contributed by atoms with E-state index in [0.29, 0.717) is 19.1 Å². The van der Waals surface area contributed by atoms with Crippen LogP contribution in [0, 0.1) is 5.92 Å². The predicted molar refractivity (Wildman–Crippen MR) is 45.8 cm³/mol. The molecule has 2 rings (SSSR count). The lowest BCUT2D eigenvalue weighted by atomic mass is 10.0. The molecule has 1 saturated carbocycles. The van der Waals surface area contributed by atoms with E-state index in [4.69, 9.17) is 5.73 Å². The number of primary amides is 1. The van der Waals surface area contributed by atoms with Gasteiger partial charge in [-0.2, -0.15) is 0 Å². The second-order valence-electron chi connectivity index (χ2n) is 3.73. The zero-order valence-electron chi connectivity index (χ0n) is 7.32. The van der Waals surface area contributed by atoms with Gasteiger partial charge in [0.15, 0.2) is 0 Å². The largest absolute Gasteiger partial charge is 0.369 e. The standard InChI is InChI=1S/C8H13N3O2/c9-7(12)5-3-11(4-5)8(13)10-6-1-2-6/h5-6H,1-4H2,(H2,9,12)(H,10,13). The summed E-state index contributed by atoms with van der Waals surface area (Å²) in [5.41, 5.74) is 5.08. The summed E-state index contributed by atoms with van der Waals surface area (Å²) in [6.45, 7) is 0.960. The topological polar surface area (TPSA) is 75.4 Å². The van der Waals surface area contributed by atoms with E-state index in [2.05, 4.69) is 5.32 Å². The summed E-state index contributed by atoms with van der Waals surface area (Å²) in [7, 11) is 0. The minimum atomic E-state index is -0.310. The highest BCUT2D eigenvalue weighted by Gasteiger charge is 2.36. The predicted octanol–water partition coefficient (Wildman–Crippen LogP) is -0.725. The number of rotatable bonds is 2. The molecule has 0 atom stereocenters. The summed E-state index contributed by atoms with van der Waals surface area (Å²) < 4.78 is 0. The molecule has 1 aliphatic carbocycles. The first-order chi connectivity index (χ1) is 6.16. The fraction of sp³-hybridized carbons (Fsp3) is 0.750. The van der Waals surface area contributed by atoms with E-state index < -0.39 is 0 Å². The first-order valence-corrected chi connectivity index (χ1v) is 4.51. The van der Waals surface area contributed by atoms with Crippen LogP contribution in [0.2, 0.25) is 0 Å². The summed E-state index contributed by atoms with van der Waals surface area (Å²) in [6.07, 6.45) is 2.16. The van der Waals surface area contributed by atoms with Gasteiger partial charge in [-0.15, -0.1) is 0 Å². The molecule has 5 nitrogen and oxygen atoms in total. The Kier molecular flexibility index (Phi) is 1.86. The van der Waals surface area contributed by atoms with E-state index in [9.17, 15) is 9.59 Å². The monoisotopic (exact) mass is 183 g/mol. The molecule has 0 aromatic rings. The Bertz CT molecular complexity index is 244. The highest BCUT2D eigenvalue weighted by atomic mass is 16.2. The van der Waals surface area contributed by atoms with Crippen molar-refractivity contribution in [2.24, 2.45) is 11.7 Å². The van der Waals surface area contributed by atoms with E-state index in [1.165, 1.54) is 0 Å². The third-order valence-electron chi connectivity index (χ3n) is 2.48. The number of likely N-dealkylation sites (tertiary alicyclic amines) is 1. The first-order valence-electron chi connectivity index (χ1n) is 4.51. The van der Waals surface area contributed by atoms with Crippen molar-refractivity contribution in [3.05, 3.63) is 0 Å². The molecule has 0 spiro atoms. The summed E-state index contributed by atoms with van der Waals surface area (Å²) in [4.78, 5) is 23.6. The summed E-state index contributed by atoms with van der Waals surface area (Å²) in [5, 5.41) is 2.85. The molecule has 2 fully saturated rings. The lowest BCUT2D eigenvalue weighted by Gasteiger charge is -2.37. The zero-order chi connectivity index (χ0) is 9.42. The smallest absolute Gasteiger partial charge is 0.317 e. The van der Waals surface area contributed by atoms with E-state index in [0.717, 1.165) is 12.8 Å². The van der Waals surface area contributed by atoms with Crippen molar-refractivity contribution < 1.29 is 9.59 Å². The van der Waals surface area contributed by atoms with Crippen LogP contribution in [0.5, 0.6) is 0 Å². The van der Waals surface area contributed by atoms with Gasteiger partial charge in [0, 0.05) is 19.1 Å². The van der Waals surface area contributed by atoms with Crippen molar-refractivity contribution in [2.75, 3.05) is 13.1 Å². The molecule has 5 heteroatoms. The van der Waals surface area contributed by atoms with Crippen LogP contribution in [0.3, 0.4) is 0 Å². The molecule has 2 aliphatic rings. The molecule has 13 heavy (non-hydrogen) atoms. The van der Waals surface area contributed by atoms with Gasteiger partial charge in [-0.1, -0.05) is 0 Å². The van der Waals surface area contributed by atoms with Gasteiger partial charge in [0.25, 0.3) is 0 Å². The highest BCUT2D eigenvalue weighted by molar-refractivity contribution is 5.82. The maximum atomic E-state index is 11.3. The lowest BCUT2D eigenvalue weighted by Crippen LogP contribution is -2.57. The van der Waals surface area contributed by atoms with Gasteiger partial charge >= 0.3 is 6.03 Å². The Morgan fingerprint density at radius 3 is 2.38 bits per heavy atom. The van der Waals surface area contributed by atoms with Crippen molar-refractivity contribution in [1.29, 1.82) is 0 Å². The fourth-order valence-corrected chi connectivity index (χ4v) is 1.32. The third-order valence-corrected chi connectivity index (χ3v) is 2.48. The molecular weight excluding hydrogens is 170 g/mol. The number of amides is 3. The molecular formula is C8H13N3O2. The number of hydrogen-bond acceptors (Lipinski definition) is 2. The molecule has 0 unspecified atom stereocenters. The van der Waals surface area contributed by atoms with Gasteiger partial charge in [0.05, 0.1) is 5.92 Å². The molecule has 3 amide bonds. The van der Waals surface area contributed by atoms with Crippen LogP contribution >= 0.6 is 0 Å². The first kappa shape index (κ1) is 8.34. The van der Waals surface area contributed by atoms with E-state index in [1.807, 2.05) is 0 Å². The van der Waals surface area contributed by atoms with Crippen LogP contribution in [-0.2, 0) is 4.79 Å². The molecule has 72 valence electrons. The van der Waals surface area contributed by atoms with Crippen LogP contribution in [0.1, 0.15) is 12.8 Å². The summed E-state index contributed by atoms with van der Waals surface area (Å²) in [6, 6.07) is 0.320. The number of hydrogen-bond donors (Lipinski definition) is 2. The van der Waals surface area contributed by atoms with Gasteiger partial charge in [-0.05, 0) is 12.8 Å². The number of carbonyl (C=O) groups excluding carboxylic acids is 2. The molecule has 0 aromatic carbocycles. The molecule has 3 N–H and O–H groups in total. The van der Waals surface area contributed by atoms with E-state index in [-0.39, 0.29) is 17.9 Å². The number of carbonyl (C=O) groups is 2. The highest BCUT2D eigenvalue weighted by Crippen LogP contribution is 2.21. The average Bonchev–Trinajstić information content (AvgIpc) is 2.66. The summed E-state index contributed by atoms with van der Waals surface area (Å²) in [5.74, 6) is -0.444. The minimum Gasteiger partial charge on any atom is -0.369 e. The Balaban J connectivity index is 1.72. The van der Waals surface area contributed by atoms with Gasteiger partial charge in [-0.3, -0.25) is 4.79 Å². The van der Waals surface area contributed by atoms with E-state index >= 15 is 0 Å². The van der Waals surface area contributed by atoms with Crippen LogP contribution < -0.4 is 11.1 Å². The van der Waals surface area contributed by atoms with E-state index in [1.54, 1.807) is 4.90 Å². The van der Waals surface area contributed by atoms with Crippen LogP contribution in [0.4, 0.5) is 4.79 Å². The number of urea groups is 1. The van der Waals surface area contributed by atoms with Crippen LogP contribution in [-0.4, -0.2) is 36.0 Å². The Hall–Kier alpha value is -1.26. The minimum absolute atomic E-state index is 0.0556. The maximum absolute atomic E-state index is 11.3. The van der Waals surface area contributed by atoms with Gasteiger partial charge in [0.1, 0.15) is 0 Å². The van der Waals surface area contributed by atoms with Crippen LogP contribution in [0.25, 0.3) is 0 Å². The number of nitrogens with zero attached hydrogens (tertiary/aromatic N) is 1. The third kappa shape index (κ3) is 1.74. The SMILES string of the molecule is NC(=O)C1CN(C(=O)NC2CC2)C1. The van der Waals surface area contributed by atoms with Crippen molar-refractivity contribution in [3.8, 4) is 0 Å². The number of nitrogens with one attached hydrogen (secondary N) is 1. The molecule has 0 aromatic heterocycles. The van der Waals surface area contributed by atoms with Crippen LogP contribution in [0.15, 0.2) is 0 Å². The summed E-state index contributed by atoms with van der Waals surface area (Å²) >= 11 is 0.